The van der Waals surface area contributed by atoms with Crippen molar-refractivity contribution in [3.05, 3.63) is 0 Å². The molecule has 0 aromatic rings. The molecule has 0 spiro atoms. The van der Waals surface area contributed by atoms with Crippen LogP contribution in [-0.4, -0.2) is 31.5 Å². The van der Waals surface area contributed by atoms with Gasteiger partial charge in [0.15, 0.2) is 0 Å². The quantitative estimate of drug-likeness (QED) is 0.704. The molecule has 1 rings (SSSR count). The lowest BCUT2D eigenvalue weighted by atomic mass is 9.80. The fourth-order valence-corrected chi connectivity index (χ4v) is 2.50. The van der Waals surface area contributed by atoms with Crippen molar-refractivity contribution in [2.75, 3.05) is 20.3 Å². The molecule has 0 saturated heterocycles. The first-order chi connectivity index (χ1) is 8.26. The van der Waals surface area contributed by atoms with E-state index in [-0.39, 0.29) is 6.09 Å². The summed E-state index contributed by atoms with van der Waals surface area (Å²) in [6, 6.07) is 0. The van der Waals surface area contributed by atoms with Gasteiger partial charge in [-0.05, 0) is 31.1 Å². The largest absolute Gasteiger partial charge is 0.449 e. The Morgan fingerprint density at radius 1 is 1.24 bits per heavy atom. The highest BCUT2D eigenvalue weighted by Crippen LogP contribution is 2.31. The molecule has 17 heavy (non-hydrogen) atoms. The number of amides is 1. The summed E-state index contributed by atoms with van der Waals surface area (Å²) in [5, 5.41) is 11.2. The Morgan fingerprint density at radius 3 is 2.47 bits per heavy atom. The lowest BCUT2D eigenvalue weighted by molar-refractivity contribution is 0.109. The van der Waals surface area contributed by atoms with E-state index >= 15 is 0 Å². The molecule has 0 atom stereocenters. The van der Waals surface area contributed by atoms with Crippen LogP contribution < -0.4 is 5.32 Å². The van der Waals surface area contributed by atoms with Crippen molar-refractivity contribution in [2.45, 2.75) is 44.9 Å². The number of hydrogen-bond donors (Lipinski definition) is 2. The zero-order chi connectivity index (χ0) is 12.5. The smallest absolute Gasteiger partial charge is 0.406 e. The molecular formula is C13H25NO3. The number of unbranched alkanes of at least 4 members (excludes halogenated alkanes) is 1. The first-order valence-electron chi connectivity index (χ1n) is 6.71. The molecule has 0 aliphatic heterocycles. The monoisotopic (exact) mass is 243 g/mol. The van der Waals surface area contributed by atoms with E-state index in [9.17, 15) is 4.79 Å². The molecule has 1 saturated carbocycles. The number of carbonyl (C=O) groups is 1. The van der Waals surface area contributed by atoms with Gasteiger partial charge in [-0.25, -0.2) is 4.79 Å². The first-order valence-corrected chi connectivity index (χ1v) is 6.71. The summed E-state index contributed by atoms with van der Waals surface area (Å²) in [5.41, 5.74) is 0. The Labute approximate surface area is 104 Å². The highest BCUT2D eigenvalue weighted by molar-refractivity contribution is 5.66. The topological polar surface area (TPSA) is 58.6 Å². The second-order valence-corrected chi connectivity index (χ2v) is 4.95. The van der Waals surface area contributed by atoms with E-state index in [1.165, 1.54) is 32.1 Å². The van der Waals surface area contributed by atoms with Gasteiger partial charge in [0.1, 0.15) is 0 Å². The van der Waals surface area contributed by atoms with E-state index < -0.39 is 0 Å². The van der Waals surface area contributed by atoms with Gasteiger partial charge in [-0.2, -0.15) is 0 Å². The zero-order valence-corrected chi connectivity index (χ0v) is 10.8. The number of ether oxygens (including phenoxy) is 1. The van der Waals surface area contributed by atoms with Gasteiger partial charge in [0, 0.05) is 13.7 Å². The van der Waals surface area contributed by atoms with Crippen LogP contribution >= 0.6 is 0 Å². The Balaban J connectivity index is 2.07. The summed E-state index contributed by atoms with van der Waals surface area (Å²) in [6.45, 7) is 0.873. The van der Waals surface area contributed by atoms with Gasteiger partial charge >= 0.3 is 6.09 Å². The summed E-state index contributed by atoms with van der Waals surface area (Å²) in [5.74, 6) is 1.36. The van der Waals surface area contributed by atoms with E-state index in [1.54, 1.807) is 7.05 Å². The van der Waals surface area contributed by atoms with Gasteiger partial charge < -0.3 is 15.2 Å². The van der Waals surface area contributed by atoms with E-state index in [2.05, 4.69) is 5.32 Å². The number of aliphatic hydroxyl groups is 1. The minimum absolute atomic E-state index is 0.315. The van der Waals surface area contributed by atoms with Crippen molar-refractivity contribution in [1.29, 1.82) is 0 Å². The summed E-state index contributed by atoms with van der Waals surface area (Å²) in [7, 11) is 1.58. The number of alkyl carbamates (subject to hydrolysis) is 1. The highest BCUT2D eigenvalue weighted by atomic mass is 16.5. The maximum atomic E-state index is 10.9. The third kappa shape index (κ3) is 5.91. The van der Waals surface area contributed by atoms with Crippen molar-refractivity contribution in [3.8, 4) is 0 Å². The molecule has 4 heteroatoms. The molecule has 0 aromatic heterocycles. The van der Waals surface area contributed by atoms with E-state index in [0.717, 1.165) is 18.8 Å². The summed E-state index contributed by atoms with van der Waals surface area (Å²) < 4.78 is 5.08. The van der Waals surface area contributed by atoms with Crippen LogP contribution in [0.5, 0.6) is 0 Å². The Morgan fingerprint density at radius 2 is 1.88 bits per heavy atom. The minimum atomic E-state index is -0.324. The van der Waals surface area contributed by atoms with Gasteiger partial charge in [0.2, 0.25) is 0 Å². The van der Waals surface area contributed by atoms with Gasteiger partial charge in [0.25, 0.3) is 0 Å². The average Bonchev–Trinajstić information content (AvgIpc) is 2.37. The Bertz CT molecular complexity index is 213. The van der Waals surface area contributed by atoms with E-state index in [4.69, 9.17) is 9.84 Å². The standard InChI is InChI=1S/C13H25NO3/c1-14-13(16)17-10-12-7-5-11(6-8-12)4-2-3-9-15/h11-12,15H,2-10H2,1H3,(H,14,16). The summed E-state index contributed by atoms with van der Waals surface area (Å²) >= 11 is 0. The van der Waals surface area contributed by atoms with E-state index in [0.29, 0.717) is 19.1 Å². The minimum Gasteiger partial charge on any atom is -0.449 e. The van der Waals surface area contributed by atoms with Gasteiger partial charge in [-0.15, -0.1) is 0 Å². The molecule has 100 valence electrons. The predicted octanol–water partition coefficient (Wildman–Crippen LogP) is 2.31. The fraction of sp³-hybridized carbons (Fsp3) is 0.923. The van der Waals surface area contributed by atoms with Gasteiger partial charge in [0.05, 0.1) is 6.61 Å². The molecule has 2 N–H and O–H groups in total. The molecular weight excluding hydrogens is 218 g/mol. The van der Waals surface area contributed by atoms with Crippen LogP contribution in [0.25, 0.3) is 0 Å². The van der Waals surface area contributed by atoms with Crippen LogP contribution in [0.1, 0.15) is 44.9 Å². The van der Waals surface area contributed by atoms with Crippen LogP contribution in [-0.2, 0) is 4.74 Å². The van der Waals surface area contributed by atoms with Crippen molar-refractivity contribution >= 4 is 6.09 Å². The van der Waals surface area contributed by atoms with Crippen LogP contribution in [0.3, 0.4) is 0 Å². The molecule has 1 aliphatic rings. The number of nitrogens with one attached hydrogen (secondary N) is 1. The van der Waals surface area contributed by atoms with Gasteiger partial charge in [-0.3, -0.25) is 0 Å². The first kappa shape index (κ1) is 14.3. The number of carbonyl (C=O) groups excluding carboxylic acids is 1. The molecule has 0 unspecified atom stereocenters. The lowest BCUT2D eigenvalue weighted by Crippen LogP contribution is -2.25. The Hall–Kier alpha value is -0.770. The molecule has 4 nitrogen and oxygen atoms in total. The maximum absolute atomic E-state index is 10.9. The SMILES string of the molecule is CNC(=O)OCC1CCC(CCCCO)CC1. The van der Waals surface area contributed by atoms with Crippen LogP contribution in [0.2, 0.25) is 0 Å². The van der Waals surface area contributed by atoms with E-state index in [1.807, 2.05) is 0 Å². The predicted molar refractivity (Wildman–Crippen MR) is 66.8 cm³/mol. The van der Waals surface area contributed by atoms with Crippen molar-refractivity contribution in [2.24, 2.45) is 11.8 Å². The van der Waals surface area contributed by atoms with Crippen LogP contribution in [0.15, 0.2) is 0 Å². The molecule has 1 amide bonds. The second kappa shape index (κ2) is 8.34. The van der Waals surface area contributed by atoms with Crippen molar-refractivity contribution in [3.63, 3.8) is 0 Å². The maximum Gasteiger partial charge on any atom is 0.406 e. The van der Waals surface area contributed by atoms with Crippen molar-refractivity contribution in [1.82, 2.24) is 5.32 Å². The number of aliphatic hydroxyl groups excluding tert-OH is 1. The van der Waals surface area contributed by atoms with Gasteiger partial charge in [-0.1, -0.05) is 25.7 Å². The molecule has 0 bridgehead atoms. The number of rotatable bonds is 6. The Kier molecular flexibility index (Phi) is 7.01. The average molecular weight is 243 g/mol. The van der Waals surface area contributed by atoms with Crippen molar-refractivity contribution < 1.29 is 14.6 Å². The summed E-state index contributed by atoms with van der Waals surface area (Å²) in [4.78, 5) is 10.9. The normalized spacial score (nSPS) is 24.4. The molecule has 1 fully saturated rings. The number of hydrogen-bond acceptors (Lipinski definition) is 3. The highest BCUT2D eigenvalue weighted by Gasteiger charge is 2.21. The summed E-state index contributed by atoms with van der Waals surface area (Å²) in [6.07, 6.45) is 7.81. The molecule has 1 aliphatic carbocycles. The molecule has 0 radical (unpaired) electrons. The molecule has 0 heterocycles. The van der Waals surface area contributed by atoms with Crippen LogP contribution in [0, 0.1) is 11.8 Å². The lowest BCUT2D eigenvalue weighted by Gasteiger charge is -2.28. The third-order valence-electron chi connectivity index (χ3n) is 3.64. The fourth-order valence-electron chi connectivity index (χ4n) is 2.50. The van der Waals surface area contributed by atoms with Crippen LogP contribution in [0.4, 0.5) is 4.79 Å². The second-order valence-electron chi connectivity index (χ2n) is 4.95. The zero-order valence-electron chi connectivity index (χ0n) is 10.8. The molecule has 0 aromatic carbocycles. The third-order valence-corrected chi connectivity index (χ3v) is 3.64.